The molecule has 1 rings (SSSR count). The molecule has 1 aromatic carbocycles. The van der Waals surface area contributed by atoms with Crippen molar-refractivity contribution in [3.63, 3.8) is 0 Å². The van der Waals surface area contributed by atoms with E-state index in [-0.39, 0.29) is 24.2 Å². The topological polar surface area (TPSA) is 49.4 Å². The average molecular weight is 241 g/mol. The second-order valence-electron chi connectivity index (χ2n) is 3.20. The van der Waals surface area contributed by atoms with Gasteiger partial charge in [0.05, 0.1) is 6.54 Å². The first-order chi connectivity index (χ1) is 7.65. The van der Waals surface area contributed by atoms with Crippen molar-refractivity contribution in [2.24, 2.45) is 0 Å². The van der Waals surface area contributed by atoms with E-state index in [1.165, 1.54) is 4.90 Å². The predicted molar refractivity (Wildman–Crippen MR) is 63.6 cm³/mol. The molecule has 5 heteroatoms. The van der Waals surface area contributed by atoms with E-state index in [2.05, 4.69) is 5.32 Å². The van der Waals surface area contributed by atoms with Crippen LogP contribution in [0.2, 0.25) is 0 Å². The standard InChI is InChI=1S/C11H13ClN2O2/c1-14(9-5-3-2-4-6-9)11(16)8-13-10(15)7-12/h2-6H,7-8H2,1H3,(H,13,15). The summed E-state index contributed by atoms with van der Waals surface area (Å²) >= 11 is 5.30. The van der Waals surface area contributed by atoms with Crippen molar-refractivity contribution in [2.75, 3.05) is 24.4 Å². The zero-order valence-electron chi connectivity index (χ0n) is 8.94. The Morgan fingerprint density at radius 3 is 2.50 bits per heavy atom. The highest BCUT2D eigenvalue weighted by atomic mass is 35.5. The number of likely N-dealkylation sites (N-methyl/N-ethyl adjacent to an activating group) is 1. The van der Waals surface area contributed by atoms with Crippen molar-refractivity contribution in [2.45, 2.75) is 0 Å². The third-order valence-electron chi connectivity index (χ3n) is 2.08. The molecule has 0 aromatic heterocycles. The summed E-state index contributed by atoms with van der Waals surface area (Å²) in [5, 5.41) is 2.42. The van der Waals surface area contributed by atoms with Gasteiger partial charge in [0, 0.05) is 12.7 Å². The summed E-state index contributed by atoms with van der Waals surface area (Å²) in [5.41, 5.74) is 0.785. The van der Waals surface area contributed by atoms with Crippen LogP contribution >= 0.6 is 11.6 Å². The van der Waals surface area contributed by atoms with Crippen LogP contribution in [0.4, 0.5) is 5.69 Å². The van der Waals surface area contributed by atoms with E-state index in [1.807, 2.05) is 30.3 Å². The predicted octanol–water partition coefficient (Wildman–Crippen LogP) is 1.00. The lowest BCUT2D eigenvalue weighted by Gasteiger charge is -2.17. The summed E-state index contributed by atoms with van der Waals surface area (Å²) in [5.74, 6) is -0.677. The summed E-state index contributed by atoms with van der Waals surface area (Å²) < 4.78 is 0. The van der Waals surface area contributed by atoms with Gasteiger partial charge in [0.25, 0.3) is 0 Å². The molecule has 86 valence electrons. The number of amides is 2. The number of hydrogen-bond acceptors (Lipinski definition) is 2. The molecule has 0 saturated heterocycles. The molecule has 1 aromatic rings. The van der Waals surface area contributed by atoms with Crippen LogP contribution in [0, 0.1) is 0 Å². The van der Waals surface area contributed by atoms with Gasteiger partial charge in [-0.3, -0.25) is 9.59 Å². The SMILES string of the molecule is CN(C(=O)CNC(=O)CCl)c1ccccc1. The summed E-state index contributed by atoms with van der Waals surface area (Å²) in [6.45, 7) is -0.0447. The first-order valence-electron chi connectivity index (χ1n) is 4.79. The Bertz CT molecular complexity index is 368. The van der Waals surface area contributed by atoms with Gasteiger partial charge in [-0.25, -0.2) is 0 Å². The van der Waals surface area contributed by atoms with Crippen molar-refractivity contribution >= 4 is 29.1 Å². The summed E-state index contributed by atoms with van der Waals surface area (Å²) in [4.78, 5) is 24.0. The number of rotatable bonds is 4. The van der Waals surface area contributed by atoms with Gasteiger partial charge in [-0.05, 0) is 12.1 Å². The second-order valence-corrected chi connectivity index (χ2v) is 3.47. The Balaban J connectivity index is 2.52. The minimum atomic E-state index is -0.350. The van der Waals surface area contributed by atoms with E-state index < -0.39 is 0 Å². The number of nitrogens with zero attached hydrogens (tertiary/aromatic N) is 1. The summed E-state index contributed by atoms with van der Waals surface area (Å²) in [6, 6.07) is 9.20. The largest absolute Gasteiger partial charge is 0.346 e. The van der Waals surface area contributed by atoms with Gasteiger partial charge >= 0.3 is 0 Å². The van der Waals surface area contributed by atoms with Crippen molar-refractivity contribution in [3.8, 4) is 0 Å². The number of carbonyl (C=O) groups excluding carboxylic acids is 2. The molecule has 0 fully saturated rings. The summed E-state index contributed by atoms with van der Waals surface area (Å²) in [6.07, 6.45) is 0. The van der Waals surface area contributed by atoms with Gasteiger partial charge in [0.2, 0.25) is 11.8 Å². The molecule has 0 spiro atoms. The zero-order valence-corrected chi connectivity index (χ0v) is 9.70. The quantitative estimate of drug-likeness (QED) is 0.799. The fraction of sp³-hybridized carbons (Fsp3) is 0.273. The minimum absolute atomic E-state index is 0.0447. The Morgan fingerprint density at radius 1 is 1.31 bits per heavy atom. The number of anilines is 1. The van der Waals surface area contributed by atoms with E-state index in [0.29, 0.717) is 0 Å². The monoisotopic (exact) mass is 240 g/mol. The molecule has 0 aliphatic carbocycles. The lowest BCUT2D eigenvalue weighted by molar-refractivity contribution is -0.123. The lowest BCUT2D eigenvalue weighted by Crippen LogP contribution is -2.38. The van der Waals surface area contributed by atoms with E-state index in [0.717, 1.165) is 5.69 Å². The van der Waals surface area contributed by atoms with Crippen LogP contribution in [-0.2, 0) is 9.59 Å². The summed E-state index contributed by atoms with van der Waals surface area (Å²) in [7, 11) is 1.66. The number of para-hydroxylation sites is 1. The lowest BCUT2D eigenvalue weighted by atomic mass is 10.3. The van der Waals surface area contributed by atoms with Crippen molar-refractivity contribution in [3.05, 3.63) is 30.3 Å². The fourth-order valence-corrected chi connectivity index (χ4v) is 1.23. The Hall–Kier alpha value is -1.55. The average Bonchev–Trinajstić information content (AvgIpc) is 2.35. The van der Waals surface area contributed by atoms with Gasteiger partial charge < -0.3 is 10.2 Å². The highest BCUT2D eigenvalue weighted by molar-refractivity contribution is 6.27. The first kappa shape index (κ1) is 12.5. The zero-order chi connectivity index (χ0) is 12.0. The highest BCUT2D eigenvalue weighted by Crippen LogP contribution is 2.10. The van der Waals surface area contributed by atoms with E-state index in [9.17, 15) is 9.59 Å². The van der Waals surface area contributed by atoms with Gasteiger partial charge in [-0.1, -0.05) is 18.2 Å². The third-order valence-corrected chi connectivity index (χ3v) is 2.32. The van der Waals surface area contributed by atoms with Crippen molar-refractivity contribution < 1.29 is 9.59 Å². The van der Waals surface area contributed by atoms with Crippen LogP contribution in [0.25, 0.3) is 0 Å². The highest BCUT2D eigenvalue weighted by Gasteiger charge is 2.11. The molecule has 0 heterocycles. The van der Waals surface area contributed by atoms with Gasteiger partial charge in [0.1, 0.15) is 5.88 Å². The second kappa shape index (κ2) is 6.12. The fourth-order valence-electron chi connectivity index (χ4n) is 1.14. The van der Waals surface area contributed by atoms with Crippen LogP contribution < -0.4 is 10.2 Å². The molecule has 0 saturated carbocycles. The van der Waals surface area contributed by atoms with Gasteiger partial charge in [-0.15, -0.1) is 11.6 Å². The molecular formula is C11H13ClN2O2. The van der Waals surface area contributed by atoms with Crippen LogP contribution in [0.15, 0.2) is 30.3 Å². The molecule has 0 aliphatic heterocycles. The van der Waals surface area contributed by atoms with Crippen LogP contribution in [0.5, 0.6) is 0 Å². The maximum absolute atomic E-state index is 11.6. The van der Waals surface area contributed by atoms with Crippen LogP contribution in [0.3, 0.4) is 0 Å². The number of hydrogen-bond donors (Lipinski definition) is 1. The normalized spacial score (nSPS) is 9.62. The van der Waals surface area contributed by atoms with Gasteiger partial charge in [-0.2, -0.15) is 0 Å². The molecule has 0 aliphatic rings. The smallest absolute Gasteiger partial charge is 0.246 e. The number of benzene rings is 1. The Morgan fingerprint density at radius 2 is 1.94 bits per heavy atom. The number of alkyl halides is 1. The van der Waals surface area contributed by atoms with Crippen molar-refractivity contribution in [1.82, 2.24) is 5.32 Å². The molecule has 0 radical (unpaired) electrons. The number of nitrogens with one attached hydrogen (secondary N) is 1. The molecule has 0 atom stereocenters. The number of halogens is 1. The molecular weight excluding hydrogens is 228 g/mol. The molecule has 1 N–H and O–H groups in total. The Kier molecular flexibility index (Phi) is 4.79. The molecule has 2 amide bonds. The van der Waals surface area contributed by atoms with E-state index >= 15 is 0 Å². The molecule has 0 unspecified atom stereocenters. The van der Waals surface area contributed by atoms with Crippen molar-refractivity contribution in [1.29, 1.82) is 0 Å². The van der Waals surface area contributed by atoms with E-state index in [1.54, 1.807) is 7.05 Å². The number of carbonyl (C=O) groups is 2. The maximum Gasteiger partial charge on any atom is 0.246 e. The molecule has 4 nitrogen and oxygen atoms in total. The molecule has 0 bridgehead atoms. The Labute approximate surface area is 99.2 Å². The first-order valence-corrected chi connectivity index (χ1v) is 5.33. The van der Waals surface area contributed by atoms with Gasteiger partial charge in [0.15, 0.2) is 0 Å². The molecule has 16 heavy (non-hydrogen) atoms. The maximum atomic E-state index is 11.6. The minimum Gasteiger partial charge on any atom is -0.346 e. The van der Waals surface area contributed by atoms with E-state index in [4.69, 9.17) is 11.6 Å². The third kappa shape index (κ3) is 3.55. The van der Waals surface area contributed by atoms with Crippen LogP contribution in [-0.4, -0.2) is 31.3 Å². The van der Waals surface area contributed by atoms with Crippen LogP contribution in [0.1, 0.15) is 0 Å².